The number of carbonyl (C=O) groups is 1. The Morgan fingerprint density at radius 2 is 1.95 bits per heavy atom. The predicted octanol–water partition coefficient (Wildman–Crippen LogP) is 2.85. The van der Waals surface area contributed by atoms with Gasteiger partial charge in [0.15, 0.2) is 0 Å². The summed E-state index contributed by atoms with van der Waals surface area (Å²) in [7, 11) is 0. The van der Waals surface area contributed by atoms with Gasteiger partial charge in [-0.05, 0) is 50.5 Å². The summed E-state index contributed by atoms with van der Waals surface area (Å²) in [6.45, 7) is 8.71. The maximum absolute atomic E-state index is 12.6. The van der Waals surface area contributed by atoms with E-state index in [1.807, 2.05) is 0 Å². The van der Waals surface area contributed by atoms with Crippen LogP contribution in [0, 0.1) is 10.8 Å². The van der Waals surface area contributed by atoms with Gasteiger partial charge in [-0.1, -0.05) is 27.2 Å². The molecule has 0 spiro atoms. The van der Waals surface area contributed by atoms with E-state index in [1.54, 1.807) is 0 Å². The van der Waals surface area contributed by atoms with E-state index in [0.717, 1.165) is 45.2 Å². The minimum Gasteiger partial charge on any atom is -0.353 e. The van der Waals surface area contributed by atoms with Crippen molar-refractivity contribution < 1.29 is 4.79 Å². The van der Waals surface area contributed by atoms with Gasteiger partial charge in [-0.15, -0.1) is 0 Å². The molecule has 1 heterocycles. The van der Waals surface area contributed by atoms with Gasteiger partial charge in [0.05, 0.1) is 5.41 Å². The van der Waals surface area contributed by atoms with Gasteiger partial charge >= 0.3 is 0 Å². The van der Waals surface area contributed by atoms with E-state index in [9.17, 15) is 4.79 Å². The lowest BCUT2D eigenvalue weighted by Gasteiger charge is -2.36. The van der Waals surface area contributed by atoms with E-state index in [1.165, 1.54) is 12.8 Å². The molecule has 110 valence electrons. The first kappa shape index (κ1) is 14.8. The largest absolute Gasteiger partial charge is 0.353 e. The predicted molar refractivity (Wildman–Crippen MR) is 79.0 cm³/mol. The normalized spacial score (nSPS) is 31.3. The monoisotopic (exact) mass is 266 g/mol. The van der Waals surface area contributed by atoms with Crippen LogP contribution in [-0.2, 0) is 4.79 Å². The highest BCUT2D eigenvalue weighted by molar-refractivity contribution is 5.83. The number of carbonyl (C=O) groups excluding carboxylic acids is 1. The molecular formula is C16H30N2O. The molecule has 1 amide bonds. The zero-order valence-corrected chi connectivity index (χ0v) is 12.8. The fraction of sp³-hybridized carbons (Fsp3) is 0.938. The van der Waals surface area contributed by atoms with Crippen molar-refractivity contribution in [2.24, 2.45) is 10.8 Å². The van der Waals surface area contributed by atoms with Crippen molar-refractivity contribution >= 4 is 5.91 Å². The summed E-state index contributed by atoms with van der Waals surface area (Å²) >= 11 is 0. The molecule has 1 unspecified atom stereocenters. The topological polar surface area (TPSA) is 41.1 Å². The van der Waals surface area contributed by atoms with Gasteiger partial charge in [-0.3, -0.25) is 4.79 Å². The molecule has 2 aliphatic rings. The van der Waals surface area contributed by atoms with Crippen molar-refractivity contribution in [3.8, 4) is 0 Å². The maximum Gasteiger partial charge on any atom is 0.227 e. The Balaban J connectivity index is 1.89. The molecule has 3 heteroatoms. The first-order valence-corrected chi connectivity index (χ1v) is 7.99. The molecule has 2 rings (SSSR count). The number of amides is 1. The summed E-state index contributed by atoms with van der Waals surface area (Å²) in [4.78, 5) is 12.6. The second-order valence-electron chi connectivity index (χ2n) is 7.37. The third kappa shape index (κ3) is 3.50. The summed E-state index contributed by atoms with van der Waals surface area (Å²) < 4.78 is 0. The van der Waals surface area contributed by atoms with Crippen molar-refractivity contribution in [2.45, 2.75) is 71.8 Å². The average Bonchev–Trinajstić information content (AvgIpc) is 2.82. The van der Waals surface area contributed by atoms with Crippen LogP contribution in [0.15, 0.2) is 0 Å². The third-order valence-electron chi connectivity index (χ3n) is 5.13. The van der Waals surface area contributed by atoms with E-state index in [-0.39, 0.29) is 5.41 Å². The minimum absolute atomic E-state index is 0.123. The second kappa shape index (κ2) is 5.82. The molecule has 0 aromatic rings. The van der Waals surface area contributed by atoms with Gasteiger partial charge in [-0.25, -0.2) is 0 Å². The highest BCUT2D eigenvalue weighted by Crippen LogP contribution is 2.36. The lowest BCUT2D eigenvalue weighted by molar-refractivity contribution is -0.131. The molecule has 19 heavy (non-hydrogen) atoms. The standard InChI is InChI=1S/C16H30N2O/c1-4-7-16(10-11-17-12-16)14(19)18-13-5-8-15(2,3)9-6-13/h13,17H,4-12H2,1-3H3,(H,18,19). The molecule has 3 nitrogen and oxygen atoms in total. The Labute approximate surface area is 117 Å². The Kier molecular flexibility index (Phi) is 4.54. The van der Waals surface area contributed by atoms with Crippen LogP contribution in [0.25, 0.3) is 0 Å². The molecule has 1 atom stereocenters. The van der Waals surface area contributed by atoms with Crippen molar-refractivity contribution in [2.75, 3.05) is 13.1 Å². The van der Waals surface area contributed by atoms with E-state index >= 15 is 0 Å². The van der Waals surface area contributed by atoms with Crippen LogP contribution in [-0.4, -0.2) is 25.0 Å². The summed E-state index contributed by atoms with van der Waals surface area (Å²) in [5.74, 6) is 0.309. The van der Waals surface area contributed by atoms with Crippen LogP contribution < -0.4 is 10.6 Å². The zero-order chi connectivity index (χ0) is 13.9. The molecule has 1 aliphatic carbocycles. The summed E-state index contributed by atoms with van der Waals surface area (Å²) in [5.41, 5.74) is 0.346. The minimum atomic E-state index is -0.123. The number of hydrogen-bond donors (Lipinski definition) is 2. The Bertz CT molecular complexity index is 309. The van der Waals surface area contributed by atoms with Gasteiger partial charge in [0.1, 0.15) is 0 Å². The van der Waals surface area contributed by atoms with Crippen LogP contribution in [0.1, 0.15) is 65.7 Å². The molecule has 0 bridgehead atoms. The molecule has 2 N–H and O–H groups in total. The van der Waals surface area contributed by atoms with Crippen LogP contribution in [0.2, 0.25) is 0 Å². The van der Waals surface area contributed by atoms with Gasteiger partial charge in [0.2, 0.25) is 5.91 Å². The van der Waals surface area contributed by atoms with E-state index in [2.05, 4.69) is 31.4 Å². The molecule has 0 radical (unpaired) electrons. The molecular weight excluding hydrogens is 236 g/mol. The number of hydrogen-bond acceptors (Lipinski definition) is 2. The molecule has 1 saturated heterocycles. The van der Waals surface area contributed by atoms with Gasteiger partial charge in [-0.2, -0.15) is 0 Å². The van der Waals surface area contributed by atoms with Gasteiger partial charge in [0.25, 0.3) is 0 Å². The zero-order valence-electron chi connectivity index (χ0n) is 12.8. The quantitative estimate of drug-likeness (QED) is 0.821. The van der Waals surface area contributed by atoms with Crippen molar-refractivity contribution in [1.82, 2.24) is 10.6 Å². The lowest BCUT2D eigenvalue weighted by atomic mass is 9.75. The fourth-order valence-corrected chi connectivity index (χ4v) is 3.63. The molecule has 0 aromatic heterocycles. The number of rotatable bonds is 4. The summed E-state index contributed by atoms with van der Waals surface area (Å²) in [6.07, 6.45) is 7.87. The van der Waals surface area contributed by atoms with Gasteiger partial charge in [0, 0.05) is 12.6 Å². The highest BCUT2D eigenvalue weighted by Gasteiger charge is 2.41. The number of nitrogens with one attached hydrogen (secondary N) is 2. The van der Waals surface area contributed by atoms with Crippen LogP contribution in [0.5, 0.6) is 0 Å². The SMILES string of the molecule is CCCC1(C(=O)NC2CCC(C)(C)CC2)CCNC1. The van der Waals surface area contributed by atoms with E-state index < -0.39 is 0 Å². The first-order chi connectivity index (χ1) is 8.97. The maximum atomic E-state index is 12.6. The lowest BCUT2D eigenvalue weighted by Crippen LogP contribution is -2.48. The summed E-state index contributed by atoms with van der Waals surface area (Å²) in [5, 5.41) is 6.71. The van der Waals surface area contributed by atoms with E-state index in [4.69, 9.17) is 0 Å². The van der Waals surface area contributed by atoms with Gasteiger partial charge < -0.3 is 10.6 Å². The summed E-state index contributed by atoms with van der Waals surface area (Å²) in [6, 6.07) is 0.412. The Morgan fingerprint density at radius 1 is 1.26 bits per heavy atom. The third-order valence-corrected chi connectivity index (χ3v) is 5.13. The second-order valence-corrected chi connectivity index (χ2v) is 7.37. The highest BCUT2D eigenvalue weighted by atomic mass is 16.2. The van der Waals surface area contributed by atoms with Crippen LogP contribution in [0.3, 0.4) is 0 Å². The molecule has 2 fully saturated rings. The molecule has 0 aromatic carbocycles. The van der Waals surface area contributed by atoms with E-state index in [0.29, 0.717) is 17.4 Å². The van der Waals surface area contributed by atoms with Crippen molar-refractivity contribution in [1.29, 1.82) is 0 Å². The molecule has 1 saturated carbocycles. The first-order valence-electron chi connectivity index (χ1n) is 7.99. The van der Waals surface area contributed by atoms with Crippen molar-refractivity contribution in [3.05, 3.63) is 0 Å². The Hall–Kier alpha value is -0.570. The van der Waals surface area contributed by atoms with Crippen molar-refractivity contribution in [3.63, 3.8) is 0 Å². The Morgan fingerprint density at radius 3 is 2.47 bits per heavy atom. The fourth-order valence-electron chi connectivity index (χ4n) is 3.63. The van der Waals surface area contributed by atoms with Crippen LogP contribution in [0.4, 0.5) is 0 Å². The smallest absolute Gasteiger partial charge is 0.227 e. The van der Waals surface area contributed by atoms with Crippen LogP contribution >= 0.6 is 0 Å². The molecule has 1 aliphatic heterocycles. The average molecular weight is 266 g/mol.